The molecule has 0 heterocycles. The first-order chi connectivity index (χ1) is 6.40. The third-order valence-electron chi connectivity index (χ3n) is 2.05. The Kier molecular flexibility index (Phi) is 6.15. The van der Waals surface area contributed by atoms with Crippen LogP contribution in [0.1, 0.15) is 27.7 Å². The smallest absolute Gasteiger partial charge is 0.247 e. The van der Waals surface area contributed by atoms with Gasteiger partial charge in [-0.15, -0.1) is 11.8 Å². The average molecular weight is 220 g/mol. The number of aliphatic hydroxyl groups excluding tert-OH is 1. The monoisotopic (exact) mass is 220 g/mol. The summed E-state index contributed by atoms with van der Waals surface area (Å²) in [5.74, 6) is 5.10. The summed E-state index contributed by atoms with van der Waals surface area (Å²) in [6.07, 6.45) is -0.424. The van der Waals surface area contributed by atoms with E-state index in [1.54, 1.807) is 6.92 Å². The number of hydrogen-bond acceptors (Lipinski definition) is 4. The molecule has 0 aliphatic carbocycles. The van der Waals surface area contributed by atoms with Gasteiger partial charge in [-0.2, -0.15) is 0 Å². The molecular formula is C9H20N2O2S. The summed E-state index contributed by atoms with van der Waals surface area (Å²) in [5.41, 5.74) is 2.15. The van der Waals surface area contributed by atoms with E-state index in [4.69, 9.17) is 5.84 Å². The molecule has 3 atom stereocenters. The number of rotatable bonds is 5. The van der Waals surface area contributed by atoms with Crippen LogP contribution in [0.25, 0.3) is 0 Å². The second kappa shape index (κ2) is 6.27. The van der Waals surface area contributed by atoms with Gasteiger partial charge in [-0.1, -0.05) is 20.8 Å². The average Bonchev–Trinajstić information content (AvgIpc) is 2.11. The van der Waals surface area contributed by atoms with Gasteiger partial charge in [0, 0.05) is 5.25 Å². The molecule has 0 saturated carbocycles. The molecule has 4 nitrogen and oxygen atoms in total. The number of carbonyl (C=O) groups is 1. The Balaban J connectivity index is 4.30. The van der Waals surface area contributed by atoms with Gasteiger partial charge in [0.05, 0.1) is 11.4 Å². The molecule has 0 spiro atoms. The molecule has 0 radical (unpaired) electrons. The molecule has 84 valence electrons. The minimum atomic E-state index is -0.424. The van der Waals surface area contributed by atoms with Crippen molar-refractivity contribution in [3.8, 4) is 0 Å². The van der Waals surface area contributed by atoms with Crippen molar-refractivity contribution in [3.63, 3.8) is 0 Å². The summed E-state index contributed by atoms with van der Waals surface area (Å²) in [4.78, 5) is 11.4. The first kappa shape index (κ1) is 13.7. The Bertz CT molecular complexity index is 186. The molecule has 0 aromatic rings. The molecule has 14 heavy (non-hydrogen) atoms. The molecule has 0 aliphatic rings. The minimum absolute atomic E-state index is 0.0275. The van der Waals surface area contributed by atoms with Crippen LogP contribution in [-0.4, -0.2) is 27.6 Å². The van der Waals surface area contributed by atoms with E-state index in [1.807, 2.05) is 20.8 Å². The Morgan fingerprint density at radius 2 is 1.86 bits per heavy atom. The van der Waals surface area contributed by atoms with E-state index in [0.29, 0.717) is 0 Å². The Hall–Kier alpha value is -0.260. The Labute approximate surface area is 89.6 Å². The van der Waals surface area contributed by atoms with Gasteiger partial charge in [0.1, 0.15) is 0 Å². The Morgan fingerprint density at radius 1 is 1.36 bits per heavy atom. The van der Waals surface area contributed by atoms with Crippen molar-refractivity contribution in [2.24, 2.45) is 11.8 Å². The molecule has 0 rings (SSSR count). The maximum Gasteiger partial charge on any atom is 0.247 e. The highest BCUT2D eigenvalue weighted by molar-refractivity contribution is 8.01. The van der Waals surface area contributed by atoms with Gasteiger partial charge in [-0.25, -0.2) is 5.84 Å². The first-order valence-electron chi connectivity index (χ1n) is 4.74. The molecule has 0 bridgehead atoms. The lowest BCUT2D eigenvalue weighted by Crippen LogP contribution is -2.41. The third-order valence-corrected chi connectivity index (χ3v) is 3.92. The van der Waals surface area contributed by atoms with Crippen molar-refractivity contribution in [2.75, 3.05) is 0 Å². The van der Waals surface area contributed by atoms with Crippen molar-refractivity contribution in [2.45, 2.75) is 44.3 Å². The van der Waals surface area contributed by atoms with E-state index in [0.717, 1.165) is 0 Å². The van der Waals surface area contributed by atoms with E-state index in [-0.39, 0.29) is 22.3 Å². The van der Waals surface area contributed by atoms with E-state index >= 15 is 0 Å². The molecule has 1 amide bonds. The van der Waals surface area contributed by atoms with Crippen molar-refractivity contribution in [1.82, 2.24) is 5.43 Å². The molecule has 0 aromatic carbocycles. The van der Waals surface area contributed by atoms with E-state index < -0.39 is 6.10 Å². The zero-order valence-corrected chi connectivity index (χ0v) is 9.97. The first-order valence-corrected chi connectivity index (χ1v) is 5.68. The van der Waals surface area contributed by atoms with Crippen molar-refractivity contribution in [3.05, 3.63) is 0 Å². The molecule has 3 unspecified atom stereocenters. The zero-order chi connectivity index (χ0) is 11.3. The van der Waals surface area contributed by atoms with Crippen LogP contribution in [-0.2, 0) is 4.79 Å². The van der Waals surface area contributed by atoms with Crippen LogP contribution in [0.5, 0.6) is 0 Å². The van der Waals surface area contributed by atoms with Gasteiger partial charge in [0.15, 0.2) is 0 Å². The van der Waals surface area contributed by atoms with Gasteiger partial charge in [-0.3, -0.25) is 10.2 Å². The fourth-order valence-electron chi connectivity index (χ4n) is 0.949. The number of nitrogens with two attached hydrogens (primary N) is 1. The zero-order valence-electron chi connectivity index (χ0n) is 9.15. The van der Waals surface area contributed by atoms with Crippen LogP contribution in [0.15, 0.2) is 0 Å². The summed E-state index contributed by atoms with van der Waals surface area (Å²) >= 11 is 1.45. The van der Waals surface area contributed by atoms with Crippen LogP contribution < -0.4 is 11.3 Å². The lowest BCUT2D eigenvalue weighted by atomic mass is 10.1. The van der Waals surface area contributed by atoms with Crippen LogP contribution in [0.4, 0.5) is 0 Å². The largest absolute Gasteiger partial charge is 0.392 e. The van der Waals surface area contributed by atoms with Crippen molar-refractivity contribution < 1.29 is 9.90 Å². The maximum absolute atomic E-state index is 11.4. The van der Waals surface area contributed by atoms with E-state index in [2.05, 4.69) is 5.43 Å². The number of aliphatic hydroxyl groups is 1. The highest BCUT2D eigenvalue weighted by Gasteiger charge is 2.25. The lowest BCUT2D eigenvalue weighted by molar-refractivity contribution is -0.121. The fourth-order valence-corrected chi connectivity index (χ4v) is 2.14. The maximum atomic E-state index is 11.4. The molecular weight excluding hydrogens is 200 g/mol. The number of carbonyl (C=O) groups excluding carboxylic acids is 1. The van der Waals surface area contributed by atoms with Gasteiger partial charge < -0.3 is 5.11 Å². The van der Waals surface area contributed by atoms with Crippen LogP contribution >= 0.6 is 11.8 Å². The van der Waals surface area contributed by atoms with E-state index in [1.165, 1.54) is 11.8 Å². The van der Waals surface area contributed by atoms with Gasteiger partial charge in [0.25, 0.3) is 0 Å². The third kappa shape index (κ3) is 4.30. The summed E-state index contributed by atoms with van der Waals surface area (Å²) in [7, 11) is 0. The van der Waals surface area contributed by atoms with Crippen molar-refractivity contribution in [1.29, 1.82) is 0 Å². The lowest BCUT2D eigenvalue weighted by Gasteiger charge is -2.23. The van der Waals surface area contributed by atoms with Gasteiger partial charge >= 0.3 is 0 Å². The highest BCUT2D eigenvalue weighted by atomic mass is 32.2. The fraction of sp³-hybridized carbons (Fsp3) is 0.889. The summed E-state index contributed by atoms with van der Waals surface area (Å²) in [5, 5.41) is 9.15. The molecule has 0 saturated heterocycles. The molecule has 5 heteroatoms. The second-order valence-corrected chi connectivity index (χ2v) is 5.28. The van der Waals surface area contributed by atoms with Crippen LogP contribution in [0.2, 0.25) is 0 Å². The quantitative estimate of drug-likeness (QED) is 0.358. The molecule has 0 aromatic heterocycles. The number of hydrazine groups is 1. The van der Waals surface area contributed by atoms with Gasteiger partial charge in [-0.05, 0) is 12.8 Å². The molecule has 0 fully saturated rings. The summed E-state index contributed by atoms with van der Waals surface area (Å²) in [6, 6.07) is 0. The topological polar surface area (TPSA) is 75.3 Å². The minimum Gasteiger partial charge on any atom is -0.392 e. The number of thioether (sulfide) groups is 1. The number of amides is 1. The van der Waals surface area contributed by atoms with Crippen molar-refractivity contribution >= 4 is 17.7 Å². The summed E-state index contributed by atoms with van der Waals surface area (Å²) in [6.45, 7) is 7.53. The van der Waals surface area contributed by atoms with Gasteiger partial charge in [0.2, 0.25) is 5.91 Å². The van der Waals surface area contributed by atoms with Crippen LogP contribution in [0.3, 0.4) is 0 Å². The SMILES string of the molecule is CC(C)C(SC(C)C(C)O)C(=O)NN. The highest BCUT2D eigenvalue weighted by Crippen LogP contribution is 2.25. The summed E-state index contributed by atoms with van der Waals surface area (Å²) < 4.78 is 0. The van der Waals surface area contributed by atoms with Crippen LogP contribution in [0, 0.1) is 5.92 Å². The number of hydrogen-bond donors (Lipinski definition) is 3. The molecule has 0 aliphatic heterocycles. The predicted molar refractivity (Wildman–Crippen MR) is 59.7 cm³/mol. The Morgan fingerprint density at radius 3 is 2.14 bits per heavy atom. The number of nitrogens with one attached hydrogen (secondary N) is 1. The standard InChI is InChI=1S/C9H20N2O2S/c1-5(2)8(9(13)11-10)14-7(4)6(3)12/h5-8,12H,10H2,1-4H3,(H,11,13). The normalized spacial score (nSPS) is 17.6. The predicted octanol–water partition coefficient (Wildman–Crippen LogP) is 0.503. The second-order valence-electron chi connectivity index (χ2n) is 3.76. The van der Waals surface area contributed by atoms with E-state index in [9.17, 15) is 9.90 Å². The molecule has 4 N–H and O–H groups in total.